The van der Waals surface area contributed by atoms with E-state index in [1.807, 2.05) is 0 Å². The van der Waals surface area contributed by atoms with Crippen molar-refractivity contribution in [2.45, 2.75) is 12.8 Å². The molecule has 5 heteroatoms. The number of hydrogen-bond acceptors (Lipinski definition) is 4. The van der Waals surface area contributed by atoms with E-state index < -0.39 is 5.97 Å². The minimum absolute atomic E-state index is 0.0596. The average Bonchev–Trinajstić information content (AvgIpc) is 2.35. The van der Waals surface area contributed by atoms with Gasteiger partial charge in [0.05, 0.1) is 13.0 Å². The highest BCUT2D eigenvalue weighted by Crippen LogP contribution is 2.18. The van der Waals surface area contributed by atoms with Gasteiger partial charge in [-0.3, -0.25) is 4.79 Å². The van der Waals surface area contributed by atoms with Crippen molar-refractivity contribution in [3.05, 3.63) is 11.6 Å². The van der Waals surface area contributed by atoms with Crippen LogP contribution in [-0.4, -0.2) is 38.0 Å². The molecule has 1 fully saturated rings. The van der Waals surface area contributed by atoms with E-state index in [2.05, 4.69) is 4.74 Å². The number of rotatable bonds is 4. The summed E-state index contributed by atoms with van der Waals surface area (Å²) in [6.07, 6.45) is 3.30. The van der Waals surface area contributed by atoms with Gasteiger partial charge in [-0.15, -0.1) is 11.6 Å². The molecule has 0 saturated carbocycles. The lowest BCUT2D eigenvalue weighted by Crippen LogP contribution is -2.20. The van der Waals surface area contributed by atoms with Gasteiger partial charge in [-0.25, -0.2) is 4.79 Å². The van der Waals surface area contributed by atoms with E-state index in [0.717, 1.165) is 12.8 Å². The van der Waals surface area contributed by atoms with Gasteiger partial charge in [-0.2, -0.15) is 0 Å². The second-order valence-electron chi connectivity index (χ2n) is 3.58. The molecular weight excluding hydrogens is 232 g/mol. The zero-order valence-corrected chi connectivity index (χ0v) is 9.96. The fourth-order valence-corrected chi connectivity index (χ4v) is 1.72. The first-order valence-electron chi connectivity index (χ1n) is 5.16. The number of Topliss-reactive ketones (excluding diaryl/α,β-unsaturated/α-hetero) is 1. The summed E-state index contributed by atoms with van der Waals surface area (Å²) in [5.74, 6) is -1.02. The monoisotopic (exact) mass is 246 g/mol. The second kappa shape index (κ2) is 6.66. The number of halogens is 1. The summed E-state index contributed by atoms with van der Waals surface area (Å²) in [6, 6.07) is 0. The Hall–Kier alpha value is -0.870. The quantitative estimate of drug-likeness (QED) is 0.247. The van der Waals surface area contributed by atoms with Gasteiger partial charge in [0.1, 0.15) is 5.57 Å². The van der Waals surface area contributed by atoms with Crippen molar-refractivity contribution in [1.29, 1.82) is 0 Å². The van der Waals surface area contributed by atoms with Crippen LogP contribution in [0.25, 0.3) is 0 Å². The SMILES string of the molecule is COC(=O)/C(=C\C1CCOCC1)C(=O)CCl. The van der Waals surface area contributed by atoms with E-state index in [1.165, 1.54) is 7.11 Å². The second-order valence-corrected chi connectivity index (χ2v) is 3.85. The van der Waals surface area contributed by atoms with Gasteiger partial charge in [0.25, 0.3) is 0 Å². The molecule has 1 aliphatic rings. The van der Waals surface area contributed by atoms with Crippen LogP contribution in [0.15, 0.2) is 11.6 Å². The lowest BCUT2D eigenvalue weighted by atomic mass is 9.96. The number of carbonyl (C=O) groups is 2. The van der Waals surface area contributed by atoms with Gasteiger partial charge >= 0.3 is 5.97 Å². The van der Waals surface area contributed by atoms with Crippen molar-refractivity contribution in [3.63, 3.8) is 0 Å². The number of esters is 1. The molecule has 0 aromatic heterocycles. The van der Waals surface area contributed by atoms with E-state index in [1.54, 1.807) is 6.08 Å². The van der Waals surface area contributed by atoms with E-state index in [4.69, 9.17) is 16.3 Å². The minimum atomic E-state index is -0.614. The molecule has 1 saturated heterocycles. The van der Waals surface area contributed by atoms with Crippen LogP contribution < -0.4 is 0 Å². The Balaban J connectivity index is 2.77. The fraction of sp³-hybridized carbons (Fsp3) is 0.636. The molecule has 16 heavy (non-hydrogen) atoms. The molecule has 0 radical (unpaired) electrons. The smallest absolute Gasteiger partial charge is 0.341 e. The van der Waals surface area contributed by atoms with Crippen molar-refractivity contribution < 1.29 is 19.1 Å². The predicted molar refractivity (Wildman–Crippen MR) is 59.4 cm³/mol. The lowest BCUT2D eigenvalue weighted by Gasteiger charge is -2.19. The Kier molecular flexibility index (Phi) is 5.49. The van der Waals surface area contributed by atoms with E-state index in [9.17, 15) is 9.59 Å². The number of alkyl halides is 1. The third kappa shape index (κ3) is 3.61. The topological polar surface area (TPSA) is 52.6 Å². The standard InChI is InChI=1S/C11H15ClO4/c1-15-11(14)9(10(13)7-12)6-8-2-4-16-5-3-8/h6,8H,2-5,7H2,1H3/b9-6-. The fourth-order valence-electron chi connectivity index (χ4n) is 1.57. The Bertz CT molecular complexity index is 274. The molecule has 1 aliphatic heterocycles. The number of ketones is 1. The third-order valence-corrected chi connectivity index (χ3v) is 2.74. The van der Waals surface area contributed by atoms with Crippen molar-refractivity contribution in [1.82, 2.24) is 0 Å². The summed E-state index contributed by atoms with van der Waals surface area (Å²) in [5, 5.41) is 0. The van der Waals surface area contributed by atoms with Gasteiger partial charge in [0, 0.05) is 13.2 Å². The number of carbonyl (C=O) groups excluding carboxylic acids is 2. The summed E-state index contributed by atoms with van der Waals surface area (Å²) >= 11 is 5.44. The van der Waals surface area contributed by atoms with Crippen LogP contribution in [0.5, 0.6) is 0 Å². The highest BCUT2D eigenvalue weighted by molar-refractivity contribution is 6.34. The largest absolute Gasteiger partial charge is 0.465 e. The molecule has 1 heterocycles. The Labute approximate surface area is 99.5 Å². The zero-order valence-electron chi connectivity index (χ0n) is 9.20. The predicted octanol–water partition coefficient (Wildman–Crippen LogP) is 1.32. The molecule has 0 aliphatic carbocycles. The molecular formula is C11H15ClO4. The van der Waals surface area contributed by atoms with Gasteiger partial charge in [-0.1, -0.05) is 6.08 Å². The van der Waals surface area contributed by atoms with Crippen LogP contribution in [0.1, 0.15) is 12.8 Å². The maximum absolute atomic E-state index is 11.5. The van der Waals surface area contributed by atoms with Gasteiger partial charge in [-0.05, 0) is 18.8 Å². The number of methoxy groups -OCH3 is 1. The van der Waals surface area contributed by atoms with Crippen LogP contribution in [0.4, 0.5) is 0 Å². The molecule has 0 aromatic carbocycles. The average molecular weight is 247 g/mol. The summed E-state index contributed by atoms with van der Waals surface area (Å²) in [4.78, 5) is 22.8. The van der Waals surface area contributed by atoms with Crippen LogP contribution in [0.3, 0.4) is 0 Å². The van der Waals surface area contributed by atoms with Crippen LogP contribution >= 0.6 is 11.6 Å². The summed E-state index contributed by atoms with van der Waals surface area (Å²) < 4.78 is 9.76. The highest BCUT2D eigenvalue weighted by Gasteiger charge is 2.21. The Morgan fingerprint density at radius 2 is 2.06 bits per heavy atom. The van der Waals surface area contributed by atoms with Crippen molar-refractivity contribution in [2.24, 2.45) is 5.92 Å². The molecule has 0 amide bonds. The van der Waals surface area contributed by atoms with E-state index in [0.29, 0.717) is 13.2 Å². The molecule has 0 atom stereocenters. The molecule has 1 rings (SSSR count). The van der Waals surface area contributed by atoms with Crippen LogP contribution in [-0.2, 0) is 19.1 Å². The first-order chi connectivity index (χ1) is 7.69. The third-order valence-electron chi connectivity index (χ3n) is 2.50. The maximum atomic E-state index is 11.5. The van der Waals surface area contributed by atoms with E-state index >= 15 is 0 Å². The van der Waals surface area contributed by atoms with Crippen LogP contribution in [0, 0.1) is 5.92 Å². The van der Waals surface area contributed by atoms with Gasteiger partial charge < -0.3 is 9.47 Å². The first-order valence-corrected chi connectivity index (χ1v) is 5.69. The molecule has 0 spiro atoms. The molecule has 0 bridgehead atoms. The number of ether oxygens (including phenoxy) is 2. The molecule has 90 valence electrons. The Morgan fingerprint density at radius 3 is 2.56 bits per heavy atom. The lowest BCUT2D eigenvalue weighted by molar-refractivity contribution is -0.137. The summed E-state index contributed by atoms with van der Waals surface area (Å²) in [6.45, 7) is 1.31. The molecule has 0 aromatic rings. The normalized spacial score (nSPS) is 18.2. The molecule has 4 nitrogen and oxygen atoms in total. The Morgan fingerprint density at radius 1 is 1.44 bits per heavy atom. The highest BCUT2D eigenvalue weighted by atomic mass is 35.5. The van der Waals surface area contributed by atoms with Gasteiger partial charge in [0.2, 0.25) is 0 Å². The maximum Gasteiger partial charge on any atom is 0.341 e. The molecule has 0 unspecified atom stereocenters. The minimum Gasteiger partial charge on any atom is -0.465 e. The number of allylic oxidation sites excluding steroid dienone is 1. The summed E-state index contributed by atoms with van der Waals surface area (Å²) in [7, 11) is 1.25. The number of hydrogen-bond donors (Lipinski definition) is 0. The van der Waals surface area contributed by atoms with Gasteiger partial charge in [0.15, 0.2) is 5.78 Å². The zero-order chi connectivity index (χ0) is 12.0. The van der Waals surface area contributed by atoms with Crippen LogP contribution in [0.2, 0.25) is 0 Å². The summed E-state index contributed by atoms with van der Waals surface area (Å²) in [5.41, 5.74) is 0.0596. The van der Waals surface area contributed by atoms with Crippen molar-refractivity contribution in [3.8, 4) is 0 Å². The first kappa shape index (κ1) is 13.2. The molecule has 0 N–H and O–H groups in total. The van der Waals surface area contributed by atoms with Crippen molar-refractivity contribution >= 4 is 23.4 Å². The van der Waals surface area contributed by atoms with E-state index in [-0.39, 0.29) is 23.2 Å². The van der Waals surface area contributed by atoms with Crippen molar-refractivity contribution in [2.75, 3.05) is 26.2 Å².